The molecule has 6 atom stereocenters. The second-order valence-electron chi connectivity index (χ2n) is 8.66. The molecule has 2 fully saturated rings. The molecule has 3 aliphatic rings. The van der Waals surface area contributed by atoms with Gasteiger partial charge in [0.05, 0.1) is 19.1 Å². The van der Waals surface area contributed by atoms with Gasteiger partial charge in [-0.2, -0.15) is 0 Å². The smallest absolute Gasteiger partial charge is 0.329 e. The van der Waals surface area contributed by atoms with E-state index in [1.54, 1.807) is 13.8 Å². The Kier molecular flexibility index (Phi) is 7.18. The summed E-state index contributed by atoms with van der Waals surface area (Å²) in [7, 11) is 1.28. The van der Waals surface area contributed by atoms with E-state index in [4.69, 9.17) is 9.47 Å². The van der Waals surface area contributed by atoms with Gasteiger partial charge in [-0.15, -0.1) is 0 Å². The van der Waals surface area contributed by atoms with Crippen molar-refractivity contribution in [3.8, 4) is 0 Å². The first-order valence-electron chi connectivity index (χ1n) is 10.6. The van der Waals surface area contributed by atoms with Gasteiger partial charge in [0.1, 0.15) is 11.6 Å². The summed E-state index contributed by atoms with van der Waals surface area (Å²) in [6, 6.07) is -0.787. The minimum atomic E-state index is -1.61. The summed E-state index contributed by atoms with van der Waals surface area (Å²) >= 11 is 0.886. The average Bonchev–Trinajstić information content (AvgIpc) is 3.25. The summed E-state index contributed by atoms with van der Waals surface area (Å²) in [6.45, 7) is 7.54. The van der Waals surface area contributed by atoms with E-state index in [1.807, 2.05) is 12.2 Å². The molecule has 1 aliphatic carbocycles. The van der Waals surface area contributed by atoms with Crippen LogP contribution >= 0.6 is 11.8 Å². The Balaban J connectivity index is 1.91. The zero-order valence-corrected chi connectivity index (χ0v) is 19.1. The molecule has 172 valence electrons. The Morgan fingerprint density at radius 1 is 1.48 bits per heavy atom. The first-order chi connectivity index (χ1) is 14.7. The summed E-state index contributed by atoms with van der Waals surface area (Å²) in [5.41, 5.74) is -2.21. The van der Waals surface area contributed by atoms with Gasteiger partial charge in [-0.1, -0.05) is 30.5 Å². The van der Waals surface area contributed by atoms with Crippen LogP contribution < -0.4 is 10.6 Å². The van der Waals surface area contributed by atoms with E-state index < -0.39 is 40.3 Å². The van der Waals surface area contributed by atoms with Gasteiger partial charge >= 0.3 is 5.97 Å². The highest BCUT2D eigenvalue weighted by Crippen LogP contribution is 2.51. The highest BCUT2D eigenvalue weighted by Gasteiger charge is 2.71. The normalized spacial score (nSPS) is 33.9. The predicted molar refractivity (Wildman–Crippen MR) is 117 cm³/mol. The molecule has 9 heteroatoms. The summed E-state index contributed by atoms with van der Waals surface area (Å²) < 4.78 is 10.8. The van der Waals surface area contributed by atoms with Gasteiger partial charge in [0.15, 0.2) is 5.54 Å². The van der Waals surface area contributed by atoms with Crippen molar-refractivity contribution in [3.05, 3.63) is 24.4 Å². The van der Waals surface area contributed by atoms with Crippen LogP contribution in [0.2, 0.25) is 0 Å². The fourth-order valence-electron chi connectivity index (χ4n) is 4.99. The van der Waals surface area contributed by atoms with Crippen LogP contribution in [0.3, 0.4) is 0 Å². The number of aliphatic hydroxyl groups excluding tert-OH is 1. The van der Waals surface area contributed by atoms with E-state index in [0.717, 1.165) is 31.0 Å². The number of hydrogen-bond acceptors (Lipinski definition) is 8. The van der Waals surface area contributed by atoms with Crippen LogP contribution in [0.5, 0.6) is 0 Å². The summed E-state index contributed by atoms with van der Waals surface area (Å²) in [4.78, 5) is 38.7. The van der Waals surface area contributed by atoms with Crippen molar-refractivity contribution in [3.63, 3.8) is 0 Å². The molecule has 1 amide bonds. The molecule has 0 spiro atoms. The summed E-state index contributed by atoms with van der Waals surface area (Å²) in [5, 5.41) is 16.8. The number of nitrogens with one attached hydrogen (secondary N) is 2. The molecule has 0 bridgehead atoms. The third-order valence-electron chi connectivity index (χ3n) is 6.64. The van der Waals surface area contributed by atoms with Crippen LogP contribution in [0.25, 0.3) is 0 Å². The first kappa shape index (κ1) is 23.8. The van der Waals surface area contributed by atoms with Crippen LogP contribution in [-0.4, -0.2) is 64.9 Å². The lowest BCUT2D eigenvalue weighted by Gasteiger charge is -2.45. The van der Waals surface area contributed by atoms with Crippen LogP contribution in [0, 0.1) is 11.8 Å². The molecule has 3 rings (SSSR count). The molecular weight excluding hydrogens is 420 g/mol. The second-order valence-corrected chi connectivity index (χ2v) is 9.65. The van der Waals surface area contributed by atoms with Gasteiger partial charge in [-0.3, -0.25) is 9.59 Å². The molecule has 0 radical (unpaired) electrons. The van der Waals surface area contributed by atoms with E-state index >= 15 is 0 Å². The summed E-state index contributed by atoms with van der Waals surface area (Å²) in [5.74, 6) is -1.53. The number of methoxy groups -OCH3 is 1. The first-order valence-corrected chi connectivity index (χ1v) is 11.6. The Morgan fingerprint density at radius 2 is 2.23 bits per heavy atom. The van der Waals surface area contributed by atoms with Gasteiger partial charge in [-0.05, 0) is 39.5 Å². The zero-order valence-electron chi connectivity index (χ0n) is 18.3. The Morgan fingerprint density at radius 3 is 2.84 bits per heavy atom. The number of rotatable bonds is 8. The molecule has 0 aromatic carbocycles. The number of carbonyl (C=O) groups excluding carboxylic acids is 3. The van der Waals surface area contributed by atoms with Crippen molar-refractivity contribution in [2.75, 3.05) is 19.5 Å². The predicted octanol–water partition coefficient (Wildman–Crippen LogP) is 1.29. The maximum Gasteiger partial charge on any atom is 0.329 e. The molecule has 0 saturated carbocycles. The molecule has 2 aliphatic heterocycles. The van der Waals surface area contributed by atoms with E-state index in [-0.39, 0.29) is 17.6 Å². The minimum absolute atomic E-state index is 0.0595. The number of thioether (sulfide) groups is 1. The Hall–Kier alpha value is -1.84. The van der Waals surface area contributed by atoms with Crippen molar-refractivity contribution in [1.82, 2.24) is 10.6 Å². The third kappa shape index (κ3) is 4.15. The van der Waals surface area contributed by atoms with Gasteiger partial charge in [0.2, 0.25) is 11.0 Å². The molecule has 8 nitrogen and oxygen atoms in total. The molecular formula is C22H32N2O6S. The number of allylic oxidation sites excluding steroid dienone is 2. The van der Waals surface area contributed by atoms with E-state index in [2.05, 4.69) is 17.2 Å². The van der Waals surface area contributed by atoms with Crippen LogP contribution in [-0.2, 0) is 23.9 Å². The van der Waals surface area contributed by atoms with E-state index in [1.165, 1.54) is 7.11 Å². The van der Waals surface area contributed by atoms with E-state index in [0.29, 0.717) is 18.7 Å². The van der Waals surface area contributed by atoms with Gasteiger partial charge < -0.3 is 25.2 Å². The van der Waals surface area contributed by atoms with E-state index in [9.17, 15) is 19.5 Å². The van der Waals surface area contributed by atoms with Crippen molar-refractivity contribution >= 4 is 28.8 Å². The maximum atomic E-state index is 13.7. The highest BCUT2D eigenvalue weighted by atomic mass is 32.2. The fourth-order valence-corrected chi connectivity index (χ4v) is 6.13. The molecule has 3 N–H and O–H groups in total. The number of carbonyl (C=O) groups is 3. The monoisotopic (exact) mass is 452 g/mol. The lowest BCUT2D eigenvalue weighted by Crippen LogP contribution is -2.69. The highest BCUT2D eigenvalue weighted by molar-refractivity contribution is 8.13. The van der Waals surface area contributed by atoms with Crippen molar-refractivity contribution in [1.29, 1.82) is 0 Å². The topological polar surface area (TPSA) is 114 Å². The van der Waals surface area contributed by atoms with Crippen molar-refractivity contribution in [2.45, 2.75) is 62.8 Å². The fraction of sp³-hybridized carbons (Fsp3) is 0.682. The molecule has 2 saturated heterocycles. The Bertz CT molecular complexity index is 786. The molecule has 2 heterocycles. The minimum Gasteiger partial charge on any atom is -0.467 e. The molecule has 0 aromatic heterocycles. The largest absolute Gasteiger partial charge is 0.467 e. The van der Waals surface area contributed by atoms with Crippen molar-refractivity contribution in [2.24, 2.45) is 11.8 Å². The quantitative estimate of drug-likeness (QED) is 0.373. The number of fused-ring (bicyclic) bond motifs is 1. The lowest BCUT2D eigenvalue weighted by molar-refractivity contribution is -0.143. The third-order valence-corrected chi connectivity index (χ3v) is 7.73. The van der Waals surface area contributed by atoms with Crippen LogP contribution in [0.1, 0.15) is 39.5 Å². The number of esters is 1. The van der Waals surface area contributed by atoms with Gasteiger partial charge in [0.25, 0.3) is 0 Å². The number of amides is 1. The Labute approximate surface area is 187 Å². The number of ether oxygens (including phenoxy) is 2. The van der Waals surface area contributed by atoms with Crippen LogP contribution in [0.4, 0.5) is 0 Å². The maximum absolute atomic E-state index is 13.7. The lowest BCUT2D eigenvalue weighted by atomic mass is 9.69. The zero-order chi connectivity index (χ0) is 22.8. The number of hydrogen-bond donors (Lipinski definition) is 3. The van der Waals surface area contributed by atoms with Gasteiger partial charge in [0, 0.05) is 24.0 Å². The van der Waals surface area contributed by atoms with Crippen LogP contribution in [0.15, 0.2) is 24.4 Å². The molecule has 31 heavy (non-hydrogen) atoms. The SMILES string of the molecule is C=C(C)NC(CSC(=O)C1(C(O)C2C=CCCC2)NC(=O)C2CCOC21C)C(=O)OC. The average molecular weight is 453 g/mol. The van der Waals surface area contributed by atoms with Gasteiger partial charge in [-0.25, -0.2) is 4.79 Å². The summed E-state index contributed by atoms with van der Waals surface area (Å²) in [6.07, 6.45) is 5.82. The molecule has 6 unspecified atom stereocenters. The standard InChI is InChI=1S/C22H32N2O6S/c1-13(2)23-16(19(27)29-4)12-31-20(28)22(17(25)14-8-6-5-7-9-14)21(3)15(10-11-30-21)18(26)24-22/h6,8,14-17,23,25H,1,5,7,9-12H2,2-4H3,(H,24,26). The van der Waals surface area contributed by atoms with Crippen molar-refractivity contribution < 1.29 is 29.0 Å². The number of aliphatic hydroxyl groups is 1. The second kappa shape index (κ2) is 9.34. The molecule has 0 aromatic rings.